The SMILES string of the molecule is COC(=O)/C(C#N)=C\[O-].[Na+]. The quantitative estimate of drug-likeness (QED) is 0.125. The minimum absolute atomic E-state index is 0. The van der Waals surface area contributed by atoms with E-state index in [1.807, 2.05) is 0 Å². The van der Waals surface area contributed by atoms with Crippen molar-refractivity contribution >= 4 is 5.97 Å². The fourth-order valence-electron chi connectivity index (χ4n) is 0.230. The Hall–Kier alpha value is -0.500. The maximum absolute atomic E-state index is 10.3. The number of carbonyl (C=O) groups excluding carboxylic acids is 1. The number of esters is 1. The zero-order valence-corrected chi connectivity index (χ0v) is 7.75. The summed E-state index contributed by atoms with van der Waals surface area (Å²) in [7, 11) is 1.10. The summed E-state index contributed by atoms with van der Waals surface area (Å²) in [5.41, 5.74) is -0.516. The molecular formula is C5H4NNaO3. The summed E-state index contributed by atoms with van der Waals surface area (Å²) in [6.45, 7) is 0. The molecule has 0 spiro atoms. The van der Waals surface area contributed by atoms with Crippen molar-refractivity contribution in [2.45, 2.75) is 0 Å². The zero-order valence-electron chi connectivity index (χ0n) is 5.75. The summed E-state index contributed by atoms with van der Waals surface area (Å²) in [4.78, 5) is 10.3. The van der Waals surface area contributed by atoms with Crippen molar-refractivity contribution in [2.24, 2.45) is 0 Å². The van der Waals surface area contributed by atoms with Crippen LogP contribution in [0.2, 0.25) is 0 Å². The second-order valence-corrected chi connectivity index (χ2v) is 1.13. The van der Waals surface area contributed by atoms with E-state index in [4.69, 9.17) is 5.26 Å². The van der Waals surface area contributed by atoms with Crippen LogP contribution in [0, 0.1) is 11.3 Å². The fourth-order valence-corrected chi connectivity index (χ4v) is 0.230. The molecule has 0 aromatic carbocycles. The van der Waals surface area contributed by atoms with E-state index < -0.39 is 11.5 Å². The monoisotopic (exact) mass is 149 g/mol. The molecule has 48 valence electrons. The molecule has 5 heteroatoms. The first-order valence-electron chi connectivity index (χ1n) is 2.06. The van der Waals surface area contributed by atoms with Gasteiger partial charge in [-0.15, -0.1) is 6.26 Å². The maximum atomic E-state index is 10.3. The average Bonchev–Trinajstić information content (AvgIpc) is 1.90. The fraction of sp³-hybridized carbons (Fsp3) is 0.200. The van der Waals surface area contributed by atoms with E-state index in [0.717, 1.165) is 7.11 Å². The van der Waals surface area contributed by atoms with Crippen LogP contribution in [0.1, 0.15) is 0 Å². The van der Waals surface area contributed by atoms with Crippen molar-refractivity contribution in [3.63, 3.8) is 0 Å². The van der Waals surface area contributed by atoms with E-state index >= 15 is 0 Å². The molecule has 0 amide bonds. The maximum Gasteiger partial charge on any atom is 1.00 e. The van der Waals surface area contributed by atoms with E-state index in [1.54, 1.807) is 0 Å². The third kappa shape index (κ3) is 3.51. The number of methoxy groups -OCH3 is 1. The van der Waals surface area contributed by atoms with Gasteiger partial charge in [0.05, 0.1) is 7.11 Å². The molecule has 0 saturated heterocycles. The molecule has 4 nitrogen and oxygen atoms in total. The summed E-state index contributed by atoms with van der Waals surface area (Å²) in [5.74, 6) is -0.896. The first kappa shape index (κ1) is 12.2. The van der Waals surface area contributed by atoms with Crippen LogP contribution in [-0.4, -0.2) is 13.1 Å². The van der Waals surface area contributed by atoms with Crippen molar-refractivity contribution in [3.05, 3.63) is 11.8 Å². The standard InChI is InChI=1S/C5H5NO3.Na/c1-9-5(8)4(2-6)3-7;/h3,7H,1H3;/q;+1/p-1/b4-3-;. The van der Waals surface area contributed by atoms with Crippen LogP contribution in [0.4, 0.5) is 0 Å². The van der Waals surface area contributed by atoms with Crippen molar-refractivity contribution in [1.82, 2.24) is 0 Å². The number of carbonyl (C=O) groups is 1. The molecule has 0 bridgehead atoms. The summed E-state index contributed by atoms with van der Waals surface area (Å²) in [6.07, 6.45) is 0.159. The number of hydrogen-bond acceptors (Lipinski definition) is 4. The van der Waals surface area contributed by atoms with Crippen LogP contribution in [0.25, 0.3) is 0 Å². The van der Waals surface area contributed by atoms with Crippen LogP contribution < -0.4 is 34.7 Å². The molecule has 10 heavy (non-hydrogen) atoms. The van der Waals surface area contributed by atoms with Crippen molar-refractivity contribution < 1.29 is 44.2 Å². The number of nitrogens with zero attached hydrogens (tertiary/aromatic N) is 1. The number of ether oxygens (including phenoxy) is 1. The van der Waals surface area contributed by atoms with E-state index in [-0.39, 0.29) is 35.8 Å². The van der Waals surface area contributed by atoms with Gasteiger partial charge in [-0.05, 0) is 0 Å². The Labute approximate surface area is 80.4 Å². The van der Waals surface area contributed by atoms with Gasteiger partial charge in [0.25, 0.3) is 0 Å². The Morgan fingerprint density at radius 3 is 2.40 bits per heavy atom. The Bertz CT molecular complexity index is 182. The second-order valence-electron chi connectivity index (χ2n) is 1.13. The smallest absolute Gasteiger partial charge is 0.877 e. The number of rotatable bonds is 1. The van der Waals surface area contributed by atoms with Gasteiger partial charge < -0.3 is 9.84 Å². The van der Waals surface area contributed by atoms with Crippen molar-refractivity contribution in [3.8, 4) is 6.07 Å². The summed E-state index contributed by atoms with van der Waals surface area (Å²) in [6, 6.07) is 1.38. The topological polar surface area (TPSA) is 73.2 Å². The second kappa shape index (κ2) is 6.62. The number of nitriles is 1. The molecule has 0 N–H and O–H groups in total. The third-order valence-electron chi connectivity index (χ3n) is 0.644. The van der Waals surface area contributed by atoms with Gasteiger partial charge in [0, 0.05) is 0 Å². The van der Waals surface area contributed by atoms with E-state index in [2.05, 4.69) is 4.74 Å². The summed E-state index contributed by atoms with van der Waals surface area (Å²) < 4.78 is 4.06. The molecule has 0 atom stereocenters. The molecular weight excluding hydrogens is 145 g/mol. The van der Waals surface area contributed by atoms with Gasteiger partial charge in [0.2, 0.25) is 0 Å². The predicted octanol–water partition coefficient (Wildman–Crippen LogP) is -4.07. The Kier molecular flexibility index (Phi) is 8.07. The van der Waals surface area contributed by atoms with Crippen molar-refractivity contribution in [2.75, 3.05) is 7.11 Å². The molecule has 0 aliphatic carbocycles. The third-order valence-corrected chi connectivity index (χ3v) is 0.644. The Morgan fingerprint density at radius 2 is 2.30 bits per heavy atom. The average molecular weight is 149 g/mol. The molecule has 0 saturated carbocycles. The van der Waals surface area contributed by atoms with Crippen LogP contribution in [0.15, 0.2) is 11.8 Å². The van der Waals surface area contributed by atoms with Crippen LogP contribution in [0.3, 0.4) is 0 Å². The normalized spacial score (nSPS) is 9.00. The Balaban J connectivity index is 0. The van der Waals surface area contributed by atoms with Gasteiger partial charge >= 0.3 is 35.5 Å². The minimum Gasteiger partial charge on any atom is -0.877 e. The molecule has 0 radical (unpaired) electrons. The van der Waals surface area contributed by atoms with Gasteiger partial charge in [-0.25, -0.2) is 4.79 Å². The first-order valence-corrected chi connectivity index (χ1v) is 2.06. The van der Waals surface area contributed by atoms with Crippen LogP contribution in [-0.2, 0) is 9.53 Å². The van der Waals surface area contributed by atoms with Gasteiger partial charge in [-0.2, -0.15) is 5.26 Å². The molecule has 0 unspecified atom stereocenters. The molecule has 0 aliphatic rings. The van der Waals surface area contributed by atoms with Crippen molar-refractivity contribution in [1.29, 1.82) is 5.26 Å². The molecule has 0 fully saturated rings. The van der Waals surface area contributed by atoms with Crippen LogP contribution >= 0.6 is 0 Å². The molecule has 0 aromatic rings. The number of hydrogen-bond donors (Lipinski definition) is 0. The first-order chi connectivity index (χ1) is 4.26. The summed E-state index contributed by atoms with van der Waals surface area (Å²) in [5, 5.41) is 17.8. The summed E-state index contributed by atoms with van der Waals surface area (Å²) >= 11 is 0. The van der Waals surface area contributed by atoms with E-state index in [1.165, 1.54) is 6.07 Å². The predicted molar refractivity (Wildman–Crippen MR) is 25.7 cm³/mol. The molecule has 0 rings (SSSR count). The minimum atomic E-state index is -0.896. The Morgan fingerprint density at radius 1 is 1.80 bits per heavy atom. The van der Waals surface area contributed by atoms with Crippen LogP contribution in [0.5, 0.6) is 0 Å². The van der Waals surface area contributed by atoms with E-state index in [9.17, 15) is 9.90 Å². The van der Waals surface area contributed by atoms with Gasteiger partial charge in [-0.1, -0.05) is 0 Å². The van der Waals surface area contributed by atoms with Gasteiger partial charge in [0.1, 0.15) is 11.6 Å². The van der Waals surface area contributed by atoms with Gasteiger partial charge in [-0.3, -0.25) is 0 Å². The molecule has 0 heterocycles. The zero-order chi connectivity index (χ0) is 7.28. The van der Waals surface area contributed by atoms with Gasteiger partial charge in [0.15, 0.2) is 0 Å². The largest absolute Gasteiger partial charge is 1.00 e. The molecule has 0 aromatic heterocycles. The molecule has 0 aliphatic heterocycles. The van der Waals surface area contributed by atoms with E-state index in [0.29, 0.717) is 0 Å².